The molecule has 0 aromatic heterocycles. The summed E-state index contributed by atoms with van der Waals surface area (Å²) in [6.07, 6.45) is 23.8. The van der Waals surface area contributed by atoms with Gasteiger partial charge in [0.25, 0.3) is 0 Å². The monoisotopic (exact) mass is 452 g/mol. The van der Waals surface area contributed by atoms with E-state index in [2.05, 4.69) is 56.3 Å². The van der Waals surface area contributed by atoms with Crippen LogP contribution in [0.3, 0.4) is 0 Å². The molecule has 0 N–H and O–H groups in total. The summed E-state index contributed by atoms with van der Waals surface area (Å²) in [5.41, 5.74) is 5.41. The highest BCUT2D eigenvalue weighted by atomic mass is 32.1. The minimum Gasteiger partial charge on any atom is -0.143 e. The molecule has 2 aromatic carbocycles. The van der Waals surface area contributed by atoms with E-state index in [1.807, 2.05) is 0 Å². The van der Waals surface area contributed by atoms with Crippen molar-refractivity contribution < 1.29 is 0 Å². The highest BCUT2D eigenvalue weighted by Crippen LogP contribution is 2.30. The van der Waals surface area contributed by atoms with Crippen LogP contribution in [0.1, 0.15) is 121 Å². The van der Waals surface area contributed by atoms with Crippen molar-refractivity contribution in [3.05, 3.63) is 53.6 Å². The van der Waals surface area contributed by atoms with Gasteiger partial charge in [0.05, 0.1) is 0 Å². The van der Waals surface area contributed by atoms with E-state index in [1.54, 1.807) is 0 Å². The van der Waals surface area contributed by atoms with Crippen LogP contribution < -0.4 is 0 Å². The summed E-state index contributed by atoms with van der Waals surface area (Å²) < 4.78 is 0. The van der Waals surface area contributed by atoms with E-state index in [1.165, 1.54) is 125 Å². The van der Waals surface area contributed by atoms with Crippen molar-refractivity contribution >= 4 is 12.6 Å². The van der Waals surface area contributed by atoms with E-state index in [0.717, 1.165) is 11.3 Å². The molecular weight excluding hydrogens is 404 g/mol. The third-order valence-electron chi connectivity index (χ3n) is 6.79. The minimum atomic E-state index is 1.14. The number of aryl methyl sites for hydroxylation is 1. The first kappa shape index (κ1) is 27.0. The topological polar surface area (TPSA) is 0 Å². The molecule has 0 unspecified atom stereocenters. The van der Waals surface area contributed by atoms with Crippen LogP contribution in [-0.2, 0) is 6.42 Å². The fourth-order valence-corrected chi connectivity index (χ4v) is 5.01. The number of rotatable bonds is 18. The number of benzene rings is 2. The van der Waals surface area contributed by atoms with E-state index in [0.29, 0.717) is 0 Å². The van der Waals surface area contributed by atoms with Crippen molar-refractivity contribution in [2.24, 2.45) is 0 Å². The van der Waals surface area contributed by atoms with Crippen LogP contribution in [0.5, 0.6) is 0 Å². The van der Waals surface area contributed by atoms with Gasteiger partial charge < -0.3 is 0 Å². The van der Waals surface area contributed by atoms with Crippen LogP contribution in [0.2, 0.25) is 0 Å². The fourth-order valence-electron chi connectivity index (χ4n) is 4.69. The first-order valence-corrected chi connectivity index (χ1v) is 14.0. The Morgan fingerprint density at radius 1 is 0.562 bits per heavy atom. The van der Waals surface area contributed by atoms with Crippen LogP contribution in [0.15, 0.2) is 47.4 Å². The molecule has 0 aliphatic carbocycles. The van der Waals surface area contributed by atoms with Crippen molar-refractivity contribution in [3.63, 3.8) is 0 Å². The molecule has 0 atom stereocenters. The van der Waals surface area contributed by atoms with Crippen molar-refractivity contribution in [2.75, 3.05) is 0 Å². The Morgan fingerprint density at radius 2 is 1.03 bits per heavy atom. The zero-order chi connectivity index (χ0) is 22.9. The third-order valence-corrected chi connectivity index (χ3v) is 7.21. The highest BCUT2D eigenvalue weighted by Gasteiger charge is 2.08. The van der Waals surface area contributed by atoms with Crippen LogP contribution in [-0.4, -0.2) is 0 Å². The van der Waals surface area contributed by atoms with Crippen molar-refractivity contribution in [3.8, 4) is 11.1 Å². The fraction of sp³-hybridized carbons (Fsp3) is 0.613. The predicted molar refractivity (Wildman–Crippen MR) is 147 cm³/mol. The molecule has 0 amide bonds. The standard InChI is InChI=1S/C31H48S/c1-3-4-5-6-7-8-9-10-11-12-13-14-15-16-17-18-20-30-29(21-19-22-31(30)32)28-25-23-27(2)24-26-28/h19,21-26,32H,3-18,20H2,1-2H3. The molecule has 2 aromatic rings. The van der Waals surface area contributed by atoms with Gasteiger partial charge in [-0.05, 0) is 42.5 Å². The molecule has 2 rings (SSSR count). The van der Waals surface area contributed by atoms with Crippen molar-refractivity contribution in [2.45, 2.75) is 128 Å². The minimum absolute atomic E-state index is 1.14. The van der Waals surface area contributed by atoms with E-state index < -0.39 is 0 Å². The molecule has 0 fully saturated rings. The molecule has 0 heterocycles. The van der Waals surface area contributed by atoms with E-state index >= 15 is 0 Å². The Bertz CT molecular complexity index is 716. The van der Waals surface area contributed by atoms with E-state index in [9.17, 15) is 0 Å². The van der Waals surface area contributed by atoms with Crippen LogP contribution >= 0.6 is 12.6 Å². The maximum absolute atomic E-state index is 4.77. The molecule has 0 nitrogen and oxygen atoms in total. The Morgan fingerprint density at radius 3 is 1.53 bits per heavy atom. The maximum atomic E-state index is 4.77. The van der Waals surface area contributed by atoms with Gasteiger partial charge in [-0.3, -0.25) is 0 Å². The molecule has 0 bridgehead atoms. The molecule has 0 aliphatic heterocycles. The lowest BCUT2D eigenvalue weighted by Crippen LogP contribution is -1.93. The molecule has 178 valence electrons. The SMILES string of the molecule is CCCCCCCCCCCCCCCCCCc1c(S)cccc1-c1ccc(C)cc1. The molecule has 0 aliphatic rings. The van der Waals surface area contributed by atoms with E-state index in [-0.39, 0.29) is 0 Å². The third kappa shape index (κ3) is 11.1. The van der Waals surface area contributed by atoms with Gasteiger partial charge in [-0.2, -0.15) is 0 Å². The summed E-state index contributed by atoms with van der Waals surface area (Å²) in [6.45, 7) is 4.45. The number of hydrogen-bond acceptors (Lipinski definition) is 1. The zero-order valence-corrected chi connectivity index (χ0v) is 21.9. The molecule has 0 spiro atoms. The molecule has 0 radical (unpaired) electrons. The van der Waals surface area contributed by atoms with Gasteiger partial charge in [0, 0.05) is 4.90 Å². The molecule has 1 heteroatoms. The maximum Gasteiger partial charge on any atom is 0.00782 e. The lowest BCUT2D eigenvalue weighted by molar-refractivity contribution is 0.529. The van der Waals surface area contributed by atoms with Gasteiger partial charge in [-0.25, -0.2) is 0 Å². The normalized spacial score (nSPS) is 11.2. The quantitative estimate of drug-likeness (QED) is 0.169. The molecule has 0 saturated heterocycles. The van der Waals surface area contributed by atoms with Crippen molar-refractivity contribution in [1.29, 1.82) is 0 Å². The summed E-state index contributed by atoms with van der Waals surface area (Å²) in [4.78, 5) is 1.14. The van der Waals surface area contributed by atoms with Crippen LogP contribution in [0.4, 0.5) is 0 Å². The first-order chi connectivity index (χ1) is 15.7. The Kier molecular flexibility index (Phi) is 14.6. The van der Waals surface area contributed by atoms with Crippen molar-refractivity contribution in [1.82, 2.24) is 0 Å². The van der Waals surface area contributed by atoms with Crippen LogP contribution in [0.25, 0.3) is 11.1 Å². The molecule has 0 saturated carbocycles. The van der Waals surface area contributed by atoms with Gasteiger partial charge in [-0.1, -0.05) is 145 Å². The number of unbranched alkanes of at least 4 members (excludes halogenated alkanes) is 15. The summed E-state index contributed by atoms with van der Waals surface area (Å²) in [5, 5.41) is 0. The highest BCUT2D eigenvalue weighted by molar-refractivity contribution is 7.80. The summed E-state index contributed by atoms with van der Waals surface area (Å²) >= 11 is 4.77. The molecular formula is C31H48S. The Hall–Kier alpha value is -1.21. The summed E-state index contributed by atoms with van der Waals surface area (Å²) in [6, 6.07) is 15.4. The lowest BCUT2D eigenvalue weighted by atomic mass is 9.95. The smallest absolute Gasteiger partial charge is 0.00782 e. The van der Waals surface area contributed by atoms with E-state index in [4.69, 9.17) is 12.6 Å². The summed E-state index contributed by atoms with van der Waals surface area (Å²) in [7, 11) is 0. The van der Waals surface area contributed by atoms with Gasteiger partial charge in [-0.15, -0.1) is 12.6 Å². The average molecular weight is 453 g/mol. The number of hydrogen-bond donors (Lipinski definition) is 1. The second kappa shape index (κ2) is 17.3. The Balaban J connectivity index is 1.51. The average Bonchev–Trinajstić information content (AvgIpc) is 2.80. The second-order valence-corrected chi connectivity index (χ2v) is 10.2. The Labute approximate surface area is 205 Å². The second-order valence-electron chi connectivity index (χ2n) is 9.72. The van der Waals surface area contributed by atoms with Gasteiger partial charge in [0.2, 0.25) is 0 Å². The first-order valence-electron chi connectivity index (χ1n) is 13.6. The number of thiol groups is 1. The molecule has 32 heavy (non-hydrogen) atoms. The largest absolute Gasteiger partial charge is 0.143 e. The van der Waals surface area contributed by atoms with Gasteiger partial charge >= 0.3 is 0 Å². The van der Waals surface area contributed by atoms with Gasteiger partial charge in [0.15, 0.2) is 0 Å². The van der Waals surface area contributed by atoms with Gasteiger partial charge in [0.1, 0.15) is 0 Å². The zero-order valence-electron chi connectivity index (χ0n) is 21.0. The lowest BCUT2D eigenvalue weighted by Gasteiger charge is -2.13. The van der Waals surface area contributed by atoms with Crippen LogP contribution in [0, 0.1) is 6.92 Å². The summed E-state index contributed by atoms with van der Waals surface area (Å²) in [5.74, 6) is 0. The predicted octanol–water partition coefficient (Wildman–Crippen LogP) is 10.8.